The largest absolute Gasteiger partial charge is 0.465 e. The number of fused-ring (bicyclic) bond motifs is 1. The first kappa shape index (κ1) is 13.4. The van der Waals surface area contributed by atoms with Crippen LogP contribution < -0.4 is 0 Å². The fourth-order valence-electron chi connectivity index (χ4n) is 2.85. The predicted octanol–water partition coefficient (Wildman–Crippen LogP) is 1.59. The smallest absolute Gasteiger partial charge is 0.407 e. The summed E-state index contributed by atoms with van der Waals surface area (Å²) in [7, 11) is 0. The van der Waals surface area contributed by atoms with E-state index in [4.69, 9.17) is 5.11 Å². The fourth-order valence-corrected chi connectivity index (χ4v) is 3.18. The first-order valence-electron chi connectivity index (χ1n) is 6.49. The molecule has 2 aliphatic rings. The number of amides is 2. The summed E-state index contributed by atoms with van der Waals surface area (Å²) < 4.78 is 0.782. The topological polar surface area (TPSA) is 73.7 Å². The number of pyridine rings is 1. The summed E-state index contributed by atoms with van der Waals surface area (Å²) in [5, 5.41) is 9.00. The highest BCUT2D eigenvalue weighted by atomic mass is 79.9. The fraction of sp³-hybridized carbons (Fsp3) is 0.462. The van der Waals surface area contributed by atoms with Crippen LogP contribution in [0.15, 0.2) is 16.7 Å². The van der Waals surface area contributed by atoms with E-state index < -0.39 is 6.09 Å². The van der Waals surface area contributed by atoms with Crippen molar-refractivity contribution < 1.29 is 14.7 Å². The summed E-state index contributed by atoms with van der Waals surface area (Å²) in [6.45, 7) is 1.50. The molecule has 0 saturated carbocycles. The lowest BCUT2D eigenvalue weighted by atomic mass is 10.0. The Morgan fingerprint density at radius 1 is 1.45 bits per heavy atom. The van der Waals surface area contributed by atoms with Crippen LogP contribution >= 0.6 is 15.9 Å². The minimum absolute atomic E-state index is 0.0225. The third kappa shape index (κ3) is 2.26. The zero-order valence-corrected chi connectivity index (χ0v) is 12.3. The number of carbonyl (C=O) groups excluding carboxylic acids is 1. The Kier molecular flexibility index (Phi) is 3.37. The Hall–Kier alpha value is -1.63. The molecule has 3 rings (SSSR count). The average molecular weight is 340 g/mol. The molecule has 1 aromatic heterocycles. The van der Waals surface area contributed by atoms with Crippen molar-refractivity contribution in [3.05, 3.63) is 28.0 Å². The highest BCUT2D eigenvalue weighted by Gasteiger charge is 2.36. The number of carbonyl (C=O) groups is 2. The van der Waals surface area contributed by atoms with Crippen molar-refractivity contribution in [1.82, 2.24) is 14.8 Å². The number of halogens is 1. The van der Waals surface area contributed by atoms with Gasteiger partial charge in [-0.25, -0.2) is 4.79 Å². The van der Waals surface area contributed by atoms with Gasteiger partial charge in [-0.05, 0) is 28.4 Å². The van der Waals surface area contributed by atoms with E-state index in [-0.39, 0.29) is 11.9 Å². The number of nitrogens with zero attached hydrogens (tertiary/aromatic N) is 3. The molecule has 0 unspecified atom stereocenters. The lowest BCUT2D eigenvalue weighted by Gasteiger charge is -2.32. The van der Waals surface area contributed by atoms with Crippen molar-refractivity contribution in [2.75, 3.05) is 19.6 Å². The third-order valence-corrected chi connectivity index (χ3v) is 4.33. The molecule has 0 aromatic carbocycles. The van der Waals surface area contributed by atoms with Gasteiger partial charge in [-0.15, -0.1) is 0 Å². The van der Waals surface area contributed by atoms with Crippen LogP contribution in [0.4, 0.5) is 4.79 Å². The molecule has 3 heterocycles. The molecule has 1 N–H and O–H groups in total. The van der Waals surface area contributed by atoms with Gasteiger partial charge in [0.15, 0.2) is 0 Å². The minimum Gasteiger partial charge on any atom is -0.465 e. The van der Waals surface area contributed by atoms with E-state index in [2.05, 4.69) is 20.9 Å². The lowest BCUT2D eigenvalue weighted by molar-refractivity contribution is 0.0659. The van der Waals surface area contributed by atoms with Crippen molar-refractivity contribution in [3.8, 4) is 0 Å². The molecular formula is C13H14BrN3O3. The molecule has 2 amide bonds. The zero-order chi connectivity index (χ0) is 14.3. The van der Waals surface area contributed by atoms with E-state index in [1.54, 1.807) is 17.2 Å². The molecule has 1 atom stereocenters. The summed E-state index contributed by atoms with van der Waals surface area (Å²) >= 11 is 3.33. The molecular weight excluding hydrogens is 326 g/mol. The molecule has 1 aromatic rings. The molecule has 0 bridgehead atoms. The number of rotatable bonds is 1. The van der Waals surface area contributed by atoms with E-state index in [1.165, 1.54) is 4.90 Å². The first-order chi connectivity index (χ1) is 9.56. The van der Waals surface area contributed by atoms with Crippen molar-refractivity contribution in [1.29, 1.82) is 0 Å². The van der Waals surface area contributed by atoms with Crippen LogP contribution in [0.3, 0.4) is 0 Å². The lowest BCUT2D eigenvalue weighted by Crippen LogP contribution is -2.46. The average Bonchev–Trinajstić information content (AvgIpc) is 2.89. The van der Waals surface area contributed by atoms with E-state index >= 15 is 0 Å². The normalized spacial score (nSPS) is 22.1. The molecule has 0 radical (unpaired) electrons. The summed E-state index contributed by atoms with van der Waals surface area (Å²) in [5.74, 6) is -0.0442. The number of carboxylic acid groups (broad SMARTS) is 1. The van der Waals surface area contributed by atoms with Gasteiger partial charge in [0.1, 0.15) is 0 Å². The van der Waals surface area contributed by atoms with E-state index in [0.717, 1.165) is 16.6 Å². The SMILES string of the molecule is O=C(O)N1CC[C@H](N2CCc3ncc(Br)cc3C2=O)C1. The maximum Gasteiger partial charge on any atom is 0.407 e. The molecule has 20 heavy (non-hydrogen) atoms. The monoisotopic (exact) mass is 339 g/mol. The molecule has 1 saturated heterocycles. The van der Waals surface area contributed by atoms with Crippen LogP contribution in [-0.2, 0) is 6.42 Å². The quantitative estimate of drug-likeness (QED) is 0.843. The second-order valence-electron chi connectivity index (χ2n) is 5.07. The zero-order valence-electron chi connectivity index (χ0n) is 10.8. The molecule has 106 valence electrons. The van der Waals surface area contributed by atoms with Crippen LogP contribution in [0.25, 0.3) is 0 Å². The predicted molar refractivity (Wildman–Crippen MR) is 74.7 cm³/mol. The van der Waals surface area contributed by atoms with Crippen LogP contribution in [0.1, 0.15) is 22.5 Å². The molecule has 2 aliphatic heterocycles. The molecule has 6 nitrogen and oxygen atoms in total. The Balaban J connectivity index is 1.81. The van der Waals surface area contributed by atoms with Gasteiger partial charge in [-0.1, -0.05) is 0 Å². The van der Waals surface area contributed by atoms with Gasteiger partial charge in [0.2, 0.25) is 0 Å². The molecule has 7 heteroatoms. The second-order valence-corrected chi connectivity index (χ2v) is 5.98. The highest BCUT2D eigenvalue weighted by molar-refractivity contribution is 9.10. The van der Waals surface area contributed by atoms with Crippen molar-refractivity contribution >= 4 is 27.9 Å². The Morgan fingerprint density at radius 3 is 2.95 bits per heavy atom. The van der Waals surface area contributed by atoms with Gasteiger partial charge in [0.25, 0.3) is 5.91 Å². The molecule has 0 spiro atoms. The number of likely N-dealkylation sites (tertiary alicyclic amines) is 1. The number of hydrogen-bond donors (Lipinski definition) is 1. The molecule has 0 aliphatic carbocycles. The highest BCUT2D eigenvalue weighted by Crippen LogP contribution is 2.25. The van der Waals surface area contributed by atoms with Gasteiger partial charge in [0.05, 0.1) is 17.3 Å². The maximum absolute atomic E-state index is 12.5. The minimum atomic E-state index is -0.915. The molecule has 1 fully saturated rings. The van der Waals surface area contributed by atoms with Gasteiger partial charge >= 0.3 is 6.09 Å². The summed E-state index contributed by atoms with van der Waals surface area (Å²) in [4.78, 5) is 30.9. The van der Waals surface area contributed by atoms with Crippen LogP contribution in [-0.4, -0.2) is 57.6 Å². The third-order valence-electron chi connectivity index (χ3n) is 3.89. The van der Waals surface area contributed by atoms with Crippen LogP contribution in [0, 0.1) is 0 Å². The van der Waals surface area contributed by atoms with Gasteiger partial charge in [0, 0.05) is 36.7 Å². The summed E-state index contributed by atoms with van der Waals surface area (Å²) in [6.07, 6.45) is 2.21. The van der Waals surface area contributed by atoms with Crippen molar-refractivity contribution in [2.24, 2.45) is 0 Å². The Bertz CT molecular complexity index is 578. The number of hydrogen-bond acceptors (Lipinski definition) is 3. The van der Waals surface area contributed by atoms with Crippen molar-refractivity contribution in [3.63, 3.8) is 0 Å². The first-order valence-corrected chi connectivity index (χ1v) is 7.29. The van der Waals surface area contributed by atoms with Crippen LogP contribution in [0.2, 0.25) is 0 Å². The van der Waals surface area contributed by atoms with Crippen molar-refractivity contribution in [2.45, 2.75) is 18.9 Å². The van der Waals surface area contributed by atoms with E-state index in [1.807, 2.05) is 0 Å². The van der Waals surface area contributed by atoms with E-state index in [9.17, 15) is 9.59 Å². The standard InChI is InChI=1S/C13H14BrN3O3/c14-8-5-10-11(15-6-8)2-4-17(12(10)18)9-1-3-16(7-9)13(19)20/h5-6,9H,1-4,7H2,(H,19,20)/t9-/m0/s1. The Morgan fingerprint density at radius 2 is 2.25 bits per heavy atom. The van der Waals surface area contributed by atoms with E-state index in [0.29, 0.717) is 31.6 Å². The summed E-state index contributed by atoms with van der Waals surface area (Å²) in [5.41, 5.74) is 1.45. The summed E-state index contributed by atoms with van der Waals surface area (Å²) in [6, 6.07) is 1.77. The van der Waals surface area contributed by atoms with Gasteiger partial charge < -0.3 is 14.9 Å². The second kappa shape index (κ2) is 5.05. The van der Waals surface area contributed by atoms with Gasteiger partial charge in [-0.3, -0.25) is 9.78 Å². The number of aromatic nitrogens is 1. The maximum atomic E-state index is 12.5. The van der Waals surface area contributed by atoms with Gasteiger partial charge in [-0.2, -0.15) is 0 Å². The Labute approximate surface area is 124 Å². The van der Waals surface area contributed by atoms with Crippen LogP contribution in [0.5, 0.6) is 0 Å².